The number of nitrogens with two attached hydrogens (primary N) is 1. The largest absolute Gasteiger partial charge is 0.497 e. The summed E-state index contributed by atoms with van der Waals surface area (Å²) >= 11 is 0. The Morgan fingerprint density at radius 2 is 1.86 bits per heavy atom. The van der Waals surface area contributed by atoms with Gasteiger partial charge in [-0.2, -0.15) is 0 Å². The molecule has 110 valence electrons. The molecule has 0 saturated heterocycles. The van der Waals surface area contributed by atoms with Crippen molar-refractivity contribution in [3.8, 4) is 5.75 Å². The summed E-state index contributed by atoms with van der Waals surface area (Å²) in [5.74, 6) is 0.772. The third-order valence-corrected chi connectivity index (χ3v) is 5.90. The van der Waals surface area contributed by atoms with Gasteiger partial charge in [-0.3, -0.25) is 4.21 Å². The van der Waals surface area contributed by atoms with E-state index in [1.54, 1.807) is 7.11 Å². The second-order valence-corrected chi connectivity index (χ2v) is 6.95. The van der Waals surface area contributed by atoms with Crippen LogP contribution in [0, 0.1) is 0 Å². The smallest absolute Gasteiger partial charge is 0.118 e. The van der Waals surface area contributed by atoms with Crippen molar-refractivity contribution in [2.45, 2.75) is 29.0 Å². The van der Waals surface area contributed by atoms with E-state index in [0.29, 0.717) is 0 Å². The monoisotopic (exact) mass is 301 g/mol. The summed E-state index contributed by atoms with van der Waals surface area (Å²) in [5.41, 5.74) is 8.79. The summed E-state index contributed by atoms with van der Waals surface area (Å²) in [7, 11) is 0.527. The van der Waals surface area contributed by atoms with Gasteiger partial charge in [-0.15, -0.1) is 0 Å². The predicted molar refractivity (Wildman–Crippen MR) is 84.9 cm³/mol. The van der Waals surface area contributed by atoms with E-state index in [1.807, 2.05) is 36.4 Å². The van der Waals surface area contributed by atoms with E-state index in [0.717, 1.165) is 29.1 Å². The van der Waals surface area contributed by atoms with Gasteiger partial charge in [0.25, 0.3) is 0 Å². The Labute approximate surface area is 127 Å². The second kappa shape index (κ2) is 6.00. The van der Waals surface area contributed by atoms with Gasteiger partial charge in [0, 0.05) is 10.9 Å². The lowest BCUT2D eigenvalue weighted by atomic mass is 9.88. The fourth-order valence-corrected chi connectivity index (χ4v) is 4.39. The van der Waals surface area contributed by atoms with Crippen LogP contribution in [0.2, 0.25) is 0 Å². The number of benzene rings is 2. The summed E-state index contributed by atoms with van der Waals surface area (Å²) in [4.78, 5) is 0.815. The van der Waals surface area contributed by atoms with Crippen LogP contribution in [-0.4, -0.2) is 16.6 Å². The molecule has 2 aromatic rings. The Morgan fingerprint density at radius 1 is 1.14 bits per heavy atom. The highest BCUT2D eigenvalue weighted by Gasteiger charge is 2.31. The number of methoxy groups -OCH3 is 1. The first kappa shape index (κ1) is 14.3. The molecule has 21 heavy (non-hydrogen) atoms. The normalized spacial score (nSPS) is 22.4. The van der Waals surface area contributed by atoms with Crippen LogP contribution in [0.15, 0.2) is 53.4 Å². The van der Waals surface area contributed by atoms with Gasteiger partial charge in [0.05, 0.1) is 23.2 Å². The number of hydrogen-bond donors (Lipinski definition) is 1. The molecule has 0 fully saturated rings. The van der Waals surface area contributed by atoms with E-state index in [2.05, 4.69) is 12.1 Å². The minimum atomic E-state index is -1.10. The molecule has 4 heteroatoms. The first-order valence-electron chi connectivity index (χ1n) is 7.08. The van der Waals surface area contributed by atoms with Crippen molar-refractivity contribution in [3.63, 3.8) is 0 Å². The van der Waals surface area contributed by atoms with E-state index >= 15 is 0 Å². The maximum absolute atomic E-state index is 12.8. The van der Waals surface area contributed by atoms with Gasteiger partial charge in [-0.05, 0) is 48.2 Å². The lowest BCUT2D eigenvalue weighted by molar-refractivity contribution is 0.414. The van der Waals surface area contributed by atoms with Gasteiger partial charge in [0.15, 0.2) is 0 Å². The molecule has 0 radical (unpaired) electrons. The SMILES string of the molecule is COc1ccc(S(=O)C2CCc3ccccc3C2N)cc1. The molecule has 1 aliphatic carbocycles. The first-order chi connectivity index (χ1) is 10.2. The highest BCUT2D eigenvalue weighted by atomic mass is 32.2. The summed E-state index contributed by atoms with van der Waals surface area (Å²) < 4.78 is 17.9. The third kappa shape index (κ3) is 2.74. The van der Waals surface area contributed by atoms with Gasteiger partial charge in [-0.25, -0.2) is 0 Å². The molecule has 0 saturated carbocycles. The molecule has 3 atom stereocenters. The van der Waals surface area contributed by atoms with E-state index in [4.69, 9.17) is 10.5 Å². The van der Waals surface area contributed by atoms with Gasteiger partial charge in [-0.1, -0.05) is 24.3 Å². The lowest BCUT2D eigenvalue weighted by Crippen LogP contribution is -2.34. The number of rotatable bonds is 3. The topological polar surface area (TPSA) is 52.3 Å². The Morgan fingerprint density at radius 3 is 2.57 bits per heavy atom. The van der Waals surface area contributed by atoms with Crippen molar-refractivity contribution in [2.24, 2.45) is 5.73 Å². The molecule has 0 aromatic heterocycles. The van der Waals surface area contributed by atoms with Crippen molar-refractivity contribution in [2.75, 3.05) is 7.11 Å². The summed E-state index contributed by atoms with van der Waals surface area (Å²) in [6.07, 6.45) is 1.80. The zero-order chi connectivity index (χ0) is 14.8. The van der Waals surface area contributed by atoms with Crippen molar-refractivity contribution in [3.05, 3.63) is 59.7 Å². The average Bonchev–Trinajstić information content (AvgIpc) is 2.55. The Hall–Kier alpha value is -1.65. The van der Waals surface area contributed by atoms with E-state index in [9.17, 15) is 4.21 Å². The van der Waals surface area contributed by atoms with Gasteiger partial charge >= 0.3 is 0 Å². The maximum atomic E-state index is 12.8. The van der Waals surface area contributed by atoms with Gasteiger partial charge in [0.2, 0.25) is 0 Å². The van der Waals surface area contributed by atoms with Crippen molar-refractivity contribution in [1.29, 1.82) is 0 Å². The molecule has 0 bridgehead atoms. The minimum Gasteiger partial charge on any atom is -0.497 e. The first-order valence-corrected chi connectivity index (χ1v) is 8.30. The summed E-state index contributed by atoms with van der Waals surface area (Å²) in [6, 6.07) is 15.4. The third-order valence-electron chi connectivity index (χ3n) is 4.08. The van der Waals surface area contributed by atoms with Crippen LogP contribution in [0.1, 0.15) is 23.6 Å². The molecule has 1 aliphatic rings. The Balaban J connectivity index is 1.85. The van der Waals surface area contributed by atoms with Crippen LogP contribution in [0.3, 0.4) is 0 Å². The van der Waals surface area contributed by atoms with Crippen LogP contribution in [0.25, 0.3) is 0 Å². The molecule has 0 amide bonds. The van der Waals surface area contributed by atoms with Crippen molar-refractivity contribution in [1.82, 2.24) is 0 Å². The number of aryl methyl sites for hydroxylation is 1. The Bertz CT molecular complexity index is 654. The second-order valence-electron chi connectivity index (χ2n) is 5.27. The number of hydrogen-bond acceptors (Lipinski definition) is 3. The lowest BCUT2D eigenvalue weighted by Gasteiger charge is -2.30. The molecular formula is C17H19NO2S. The molecule has 0 spiro atoms. The maximum Gasteiger partial charge on any atom is 0.118 e. The zero-order valence-corrected chi connectivity index (χ0v) is 12.8. The van der Waals surface area contributed by atoms with Crippen molar-refractivity contribution >= 4 is 10.8 Å². The van der Waals surface area contributed by atoms with Crippen LogP contribution >= 0.6 is 0 Å². The molecular weight excluding hydrogens is 282 g/mol. The highest BCUT2D eigenvalue weighted by Crippen LogP contribution is 2.33. The highest BCUT2D eigenvalue weighted by molar-refractivity contribution is 7.85. The summed E-state index contributed by atoms with van der Waals surface area (Å²) in [6.45, 7) is 0. The Kier molecular flexibility index (Phi) is 4.08. The molecule has 0 aliphatic heterocycles. The minimum absolute atomic E-state index is 0.0340. The number of ether oxygens (including phenoxy) is 1. The van der Waals surface area contributed by atoms with Crippen LogP contribution < -0.4 is 10.5 Å². The fraction of sp³-hybridized carbons (Fsp3) is 0.294. The van der Waals surface area contributed by atoms with Crippen molar-refractivity contribution < 1.29 is 8.95 Å². The molecule has 3 unspecified atom stereocenters. The fourth-order valence-electron chi connectivity index (χ4n) is 2.89. The van der Waals surface area contributed by atoms with E-state index < -0.39 is 10.8 Å². The average molecular weight is 301 g/mol. The van der Waals surface area contributed by atoms with Crippen LogP contribution in [0.5, 0.6) is 5.75 Å². The predicted octanol–water partition coefficient (Wildman–Crippen LogP) is 2.82. The van der Waals surface area contributed by atoms with Gasteiger partial charge in [0.1, 0.15) is 5.75 Å². The van der Waals surface area contributed by atoms with E-state index in [-0.39, 0.29) is 11.3 Å². The standard InChI is InChI=1S/C17H19NO2S/c1-20-13-7-9-14(10-8-13)21(19)16-11-6-12-4-2-3-5-15(12)17(16)18/h2-5,7-10,16-17H,6,11,18H2,1H3. The van der Waals surface area contributed by atoms with E-state index in [1.165, 1.54) is 5.56 Å². The number of fused-ring (bicyclic) bond motifs is 1. The quantitative estimate of drug-likeness (QED) is 0.948. The molecule has 0 heterocycles. The van der Waals surface area contributed by atoms with Crippen LogP contribution in [-0.2, 0) is 17.2 Å². The van der Waals surface area contributed by atoms with Crippen LogP contribution in [0.4, 0.5) is 0 Å². The molecule has 2 N–H and O–H groups in total. The van der Waals surface area contributed by atoms with Gasteiger partial charge < -0.3 is 10.5 Å². The molecule has 3 rings (SSSR count). The molecule has 3 nitrogen and oxygen atoms in total. The zero-order valence-electron chi connectivity index (χ0n) is 12.0. The molecule has 2 aromatic carbocycles. The summed E-state index contributed by atoms with van der Waals surface area (Å²) in [5, 5.41) is -0.0340.